The highest BCUT2D eigenvalue weighted by atomic mass is 16.2. The molecule has 1 saturated heterocycles. The Morgan fingerprint density at radius 2 is 1.89 bits per heavy atom. The lowest BCUT2D eigenvalue weighted by Gasteiger charge is -2.32. The van der Waals surface area contributed by atoms with E-state index in [4.69, 9.17) is 0 Å². The van der Waals surface area contributed by atoms with Crippen molar-refractivity contribution in [2.45, 2.75) is 51.9 Å². The minimum atomic E-state index is -0.100. The molecule has 150 valence electrons. The number of carbonyl (C=O) groups is 2. The summed E-state index contributed by atoms with van der Waals surface area (Å²) in [6, 6.07) is 7.97. The summed E-state index contributed by atoms with van der Waals surface area (Å²) in [5, 5.41) is 4.14. The maximum absolute atomic E-state index is 13.0. The third kappa shape index (κ3) is 4.89. The molecule has 0 saturated carbocycles. The number of rotatable bonds is 5. The zero-order valence-corrected chi connectivity index (χ0v) is 17.4. The number of amides is 1. The van der Waals surface area contributed by atoms with E-state index in [-0.39, 0.29) is 23.0 Å². The number of nitrogens with zero attached hydrogens (tertiary/aromatic N) is 3. The van der Waals surface area contributed by atoms with Gasteiger partial charge in [0.25, 0.3) is 0 Å². The molecule has 28 heavy (non-hydrogen) atoms. The largest absolute Gasteiger partial charge is 0.342 e. The molecule has 1 amide bonds. The van der Waals surface area contributed by atoms with Gasteiger partial charge in [0.15, 0.2) is 5.78 Å². The summed E-state index contributed by atoms with van der Waals surface area (Å²) in [4.78, 5) is 27.5. The first kappa shape index (κ1) is 20.3. The van der Waals surface area contributed by atoms with Crippen LogP contribution in [0.25, 0.3) is 0 Å². The molecule has 5 nitrogen and oxygen atoms in total. The van der Waals surface area contributed by atoms with Gasteiger partial charge in [0.1, 0.15) is 0 Å². The summed E-state index contributed by atoms with van der Waals surface area (Å²) in [6.45, 7) is 7.78. The third-order valence-electron chi connectivity index (χ3n) is 5.57. The Hall–Kier alpha value is -2.43. The average molecular weight is 382 g/mol. The van der Waals surface area contributed by atoms with Crippen molar-refractivity contribution in [1.82, 2.24) is 14.7 Å². The van der Waals surface area contributed by atoms with E-state index in [1.54, 1.807) is 10.9 Å². The van der Waals surface area contributed by atoms with Gasteiger partial charge in [-0.2, -0.15) is 5.10 Å². The highest BCUT2D eigenvalue weighted by Crippen LogP contribution is 2.25. The predicted octanol–water partition coefficient (Wildman–Crippen LogP) is 3.77. The van der Waals surface area contributed by atoms with Crippen LogP contribution in [-0.4, -0.2) is 39.5 Å². The Labute approximate surface area is 167 Å². The Morgan fingerprint density at radius 1 is 1.18 bits per heavy atom. The van der Waals surface area contributed by atoms with Gasteiger partial charge in [-0.25, -0.2) is 0 Å². The van der Waals surface area contributed by atoms with Gasteiger partial charge in [0.2, 0.25) is 5.91 Å². The molecule has 2 aromatic rings. The SMILES string of the molecule is Cn1cc(CCC(=O)N2CCC[C@H](C(=O)c3ccc(C(C)(C)C)cc3)C2)cn1. The highest BCUT2D eigenvalue weighted by molar-refractivity contribution is 5.98. The van der Waals surface area contributed by atoms with Crippen molar-refractivity contribution in [2.75, 3.05) is 13.1 Å². The first-order valence-electron chi connectivity index (χ1n) is 10.1. The standard InChI is InChI=1S/C23H31N3O2/c1-23(2,3)20-10-8-18(9-11-20)22(28)19-6-5-13-26(16-19)21(27)12-7-17-14-24-25(4)15-17/h8-11,14-15,19H,5-7,12-13,16H2,1-4H3/t19-/m0/s1. The first-order chi connectivity index (χ1) is 13.2. The maximum atomic E-state index is 13.0. The van der Waals surface area contributed by atoms with Crippen LogP contribution in [0.1, 0.15) is 61.5 Å². The zero-order chi connectivity index (χ0) is 20.3. The van der Waals surface area contributed by atoms with E-state index < -0.39 is 0 Å². The van der Waals surface area contributed by atoms with Gasteiger partial charge in [0.05, 0.1) is 6.20 Å². The molecule has 1 aliphatic heterocycles. The van der Waals surface area contributed by atoms with Crippen LogP contribution >= 0.6 is 0 Å². The molecule has 5 heteroatoms. The predicted molar refractivity (Wildman–Crippen MR) is 110 cm³/mol. The van der Waals surface area contributed by atoms with E-state index in [1.807, 2.05) is 42.4 Å². The molecular formula is C23H31N3O2. The van der Waals surface area contributed by atoms with Crippen LogP contribution < -0.4 is 0 Å². The molecule has 1 atom stereocenters. The quantitative estimate of drug-likeness (QED) is 0.741. The number of Topliss-reactive ketones (excluding diaryl/α,β-unsaturated/α-hetero) is 1. The fourth-order valence-corrected chi connectivity index (χ4v) is 3.80. The number of hydrogen-bond acceptors (Lipinski definition) is 3. The summed E-state index contributed by atoms with van der Waals surface area (Å²) in [5.74, 6) is 0.186. The number of hydrogen-bond donors (Lipinski definition) is 0. The Morgan fingerprint density at radius 3 is 2.50 bits per heavy atom. The molecule has 0 N–H and O–H groups in total. The van der Waals surface area contributed by atoms with Gasteiger partial charge in [0, 0.05) is 44.2 Å². The minimum absolute atomic E-state index is 0.0733. The zero-order valence-electron chi connectivity index (χ0n) is 17.4. The van der Waals surface area contributed by atoms with E-state index in [2.05, 4.69) is 25.9 Å². The van der Waals surface area contributed by atoms with E-state index in [0.29, 0.717) is 19.4 Å². The van der Waals surface area contributed by atoms with Gasteiger partial charge in [-0.3, -0.25) is 14.3 Å². The molecule has 0 bridgehead atoms. The molecule has 1 aromatic carbocycles. The molecule has 0 spiro atoms. The summed E-state index contributed by atoms with van der Waals surface area (Å²) in [6.07, 6.45) is 6.64. The van der Waals surface area contributed by atoms with Gasteiger partial charge < -0.3 is 4.90 Å². The number of benzene rings is 1. The van der Waals surface area contributed by atoms with Gasteiger partial charge in [-0.15, -0.1) is 0 Å². The van der Waals surface area contributed by atoms with Gasteiger partial charge >= 0.3 is 0 Å². The first-order valence-corrected chi connectivity index (χ1v) is 10.1. The smallest absolute Gasteiger partial charge is 0.222 e. The van der Waals surface area contributed by atoms with E-state index in [0.717, 1.165) is 30.5 Å². The van der Waals surface area contributed by atoms with Crippen molar-refractivity contribution in [3.05, 3.63) is 53.3 Å². The summed E-state index contributed by atoms with van der Waals surface area (Å²) >= 11 is 0. The lowest BCUT2D eigenvalue weighted by atomic mass is 9.85. The van der Waals surface area contributed by atoms with Crippen LogP contribution in [0, 0.1) is 5.92 Å². The molecule has 1 aromatic heterocycles. The van der Waals surface area contributed by atoms with Crippen molar-refractivity contribution in [2.24, 2.45) is 13.0 Å². The number of aryl methyl sites for hydroxylation is 2. The number of piperidine rings is 1. The van der Waals surface area contributed by atoms with Crippen LogP contribution in [0.15, 0.2) is 36.7 Å². The molecular weight excluding hydrogens is 350 g/mol. The Kier molecular flexibility index (Phi) is 6.01. The topological polar surface area (TPSA) is 55.2 Å². The number of ketones is 1. The lowest BCUT2D eigenvalue weighted by molar-refractivity contribution is -0.132. The second kappa shape index (κ2) is 8.29. The molecule has 0 unspecified atom stereocenters. The Bertz CT molecular complexity index is 830. The minimum Gasteiger partial charge on any atom is -0.342 e. The van der Waals surface area contributed by atoms with E-state index >= 15 is 0 Å². The van der Waals surface area contributed by atoms with E-state index in [9.17, 15) is 9.59 Å². The summed E-state index contributed by atoms with van der Waals surface area (Å²) in [5.41, 5.74) is 3.12. The second-order valence-corrected chi connectivity index (χ2v) is 8.89. The highest BCUT2D eigenvalue weighted by Gasteiger charge is 2.29. The molecule has 0 radical (unpaired) electrons. The fraction of sp³-hybridized carbons (Fsp3) is 0.522. The molecule has 0 aliphatic carbocycles. The van der Waals surface area contributed by atoms with Crippen molar-refractivity contribution in [3.63, 3.8) is 0 Å². The Balaban J connectivity index is 1.59. The van der Waals surface area contributed by atoms with E-state index in [1.165, 1.54) is 5.56 Å². The second-order valence-electron chi connectivity index (χ2n) is 8.89. The van der Waals surface area contributed by atoms with Crippen molar-refractivity contribution in [3.8, 4) is 0 Å². The molecule has 1 fully saturated rings. The molecule has 3 rings (SSSR count). The average Bonchev–Trinajstić information content (AvgIpc) is 3.10. The maximum Gasteiger partial charge on any atom is 0.222 e. The van der Waals surface area contributed by atoms with Crippen LogP contribution in [0.4, 0.5) is 0 Å². The normalized spacial score (nSPS) is 17.6. The van der Waals surface area contributed by atoms with Crippen LogP contribution in [0.3, 0.4) is 0 Å². The fourth-order valence-electron chi connectivity index (χ4n) is 3.80. The van der Waals surface area contributed by atoms with Crippen molar-refractivity contribution in [1.29, 1.82) is 0 Å². The third-order valence-corrected chi connectivity index (χ3v) is 5.57. The number of aromatic nitrogens is 2. The van der Waals surface area contributed by atoms with Crippen LogP contribution in [0.5, 0.6) is 0 Å². The van der Waals surface area contributed by atoms with Gasteiger partial charge in [-0.1, -0.05) is 45.0 Å². The van der Waals surface area contributed by atoms with Crippen LogP contribution in [0.2, 0.25) is 0 Å². The number of likely N-dealkylation sites (tertiary alicyclic amines) is 1. The summed E-state index contributed by atoms with van der Waals surface area (Å²) in [7, 11) is 1.88. The van der Waals surface area contributed by atoms with Crippen LogP contribution in [-0.2, 0) is 23.7 Å². The monoisotopic (exact) mass is 381 g/mol. The molecule has 2 heterocycles. The van der Waals surface area contributed by atoms with Crippen molar-refractivity contribution < 1.29 is 9.59 Å². The van der Waals surface area contributed by atoms with Gasteiger partial charge in [-0.05, 0) is 35.8 Å². The summed E-state index contributed by atoms with van der Waals surface area (Å²) < 4.78 is 1.75. The molecule has 1 aliphatic rings. The number of carbonyl (C=O) groups excluding carboxylic acids is 2. The lowest BCUT2D eigenvalue weighted by Crippen LogP contribution is -2.42. The van der Waals surface area contributed by atoms with Crippen molar-refractivity contribution >= 4 is 11.7 Å².